The van der Waals surface area contributed by atoms with E-state index in [0.29, 0.717) is 0 Å². The number of esters is 1. The van der Waals surface area contributed by atoms with E-state index in [0.717, 1.165) is 34.3 Å². The van der Waals surface area contributed by atoms with E-state index in [2.05, 4.69) is 14.2 Å². The number of nitrogens with zero attached hydrogens (tertiary/aromatic N) is 2. The van der Waals surface area contributed by atoms with Gasteiger partial charge < -0.3 is 14.2 Å². The first kappa shape index (κ1) is 34.4. The fraction of sp³-hybridized carbons (Fsp3) is 0.192. The van der Waals surface area contributed by atoms with Gasteiger partial charge in [0.05, 0.1) is 32.4 Å². The highest BCUT2D eigenvalue weighted by atomic mass is 127. The van der Waals surface area contributed by atoms with Gasteiger partial charge in [-0.05, 0) is 71.5 Å². The number of methoxy groups -OCH3 is 1. The molecule has 0 amide bonds. The average Bonchev–Trinajstić information content (AvgIpc) is 3.29. The maximum absolute atomic E-state index is 13.2. The Labute approximate surface area is 258 Å². The summed E-state index contributed by atoms with van der Waals surface area (Å²) in [7, 11) is -2.85. The predicted molar refractivity (Wildman–Crippen MR) is 150 cm³/mol. The number of carbonyl (C=O) groups excluding carboxylic acids is 1. The molecule has 1 heterocycles. The van der Waals surface area contributed by atoms with Gasteiger partial charge in [0.1, 0.15) is 11.5 Å². The predicted octanol–water partition coefficient (Wildman–Crippen LogP) is 6.98. The summed E-state index contributed by atoms with van der Waals surface area (Å²) < 4.78 is 112. The summed E-state index contributed by atoms with van der Waals surface area (Å²) in [4.78, 5) is 21.2. The van der Waals surface area contributed by atoms with Crippen LogP contribution >= 0.6 is 22.6 Å². The van der Waals surface area contributed by atoms with Crippen LogP contribution in [0.5, 0.6) is 11.5 Å². The van der Waals surface area contributed by atoms with E-state index >= 15 is 0 Å². The van der Waals surface area contributed by atoms with E-state index in [4.69, 9.17) is 0 Å². The number of ether oxygens (including phenoxy) is 3. The Morgan fingerprint density at radius 2 is 1.48 bits per heavy atom. The van der Waals surface area contributed by atoms with Crippen molar-refractivity contribution in [3.8, 4) is 11.5 Å². The molecule has 0 aliphatic heterocycles. The molecule has 1 aromatic heterocycles. The number of aromatic nitrogens is 1. The number of alkyl halides is 6. The van der Waals surface area contributed by atoms with Gasteiger partial charge in [-0.1, -0.05) is 18.2 Å². The fourth-order valence-corrected chi connectivity index (χ4v) is 6.02. The molecule has 0 saturated heterocycles. The van der Waals surface area contributed by atoms with Gasteiger partial charge in [-0.2, -0.15) is 0 Å². The summed E-state index contributed by atoms with van der Waals surface area (Å²) in [6, 6.07) is 15.2. The number of rotatable bonds is 8. The van der Waals surface area contributed by atoms with Gasteiger partial charge in [-0.15, -0.1) is 26.3 Å². The number of hydrogen-bond donors (Lipinski definition) is 0. The van der Waals surface area contributed by atoms with Crippen LogP contribution in [0.1, 0.15) is 12.1 Å². The summed E-state index contributed by atoms with van der Waals surface area (Å²) >= 11 is 1.56. The van der Waals surface area contributed by atoms with Gasteiger partial charge in [0.25, 0.3) is 15.7 Å². The Bertz CT molecular complexity index is 1760. The molecule has 0 fully saturated rings. The van der Waals surface area contributed by atoms with E-state index in [1.165, 1.54) is 31.4 Å². The van der Waals surface area contributed by atoms with Crippen molar-refractivity contribution < 1.29 is 58.7 Å². The van der Waals surface area contributed by atoms with Gasteiger partial charge in [0.15, 0.2) is 0 Å². The molecule has 0 aliphatic rings. The lowest BCUT2D eigenvalue weighted by molar-refractivity contribution is -0.385. The van der Waals surface area contributed by atoms with Crippen LogP contribution in [0.2, 0.25) is 0 Å². The summed E-state index contributed by atoms with van der Waals surface area (Å²) in [5.74, 6) is -1.49. The highest BCUT2D eigenvalue weighted by Crippen LogP contribution is 2.32. The molecule has 0 bridgehead atoms. The topological polar surface area (TPSA) is 127 Å². The van der Waals surface area contributed by atoms with Crippen LogP contribution < -0.4 is 9.47 Å². The van der Waals surface area contributed by atoms with Crippen molar-refractivity contribution in [3.05, 3.63) is 92.2 Å². The maximum atomic E-state index is 13.2. The van der Waals surface area contributed by atoms with Crippen molar-refractivity contribution in [1.29, 1.82) is 0 Å². The maximum Gasteiger partial charge on any atom is 0.573 e. The second kappa shape index (κ2) is 13.7. The van der Waals surface area contributed by atoms with Gasteiger partial charge >= 0.3 is 18.7 Å². The van der Waals surface area contributed by atoms with E-state index < -0.39 is 45.1 Å². The monoisotopic (exact) mass is 760 g/mol. The highest BCUT2D eigenvalue weighted by molar-refractivity contribution is 14.1. The lowest BCUT2D eigenvalue weighted by Gasteiger charge is -2.12. The van der Waals surface area contributed by atoms with Crippen molar-refractivity contribution in [2.75, 3.05) is 7.11 Å². The van der Waals surface area contributed by atoms with Crippen molar-refractivity contribution in [2.24, 2.45) is 0 Å². The number of nitro benzene ring substituents is 1. The van der Waals surface area contributed by atoms with E-state index in [-0.39, 0.29) is 43.6 Å². The third kappa shape index (κ3) is 9.21. The van der Waals surface area contributed by atoms with Crippen LogP contribution in [0.3, 0.4) is 0 Å². The Balaban J connectivity index is 0.000000297. The number of benzene rings is 3. The third-order valence-electron chi connectivity index (χ3n) is 5.48. The summed E-state index contributed by atoms with van der Waals surface area (Å²) in [5.41, 5.74) is 0.145. The Morgan fingerprint density at radius 3 is 2.00 bits per heavy atom. The minimum atomic E-state index is -4.87. The molecule has 18 heteroatoms. The Hall–Kier alpha value is -4.07. The van der Waals surface area contributed by atoms with Crippen LogP contribution in [-0.2, 0) is 26.0 Å². The molecule has 3 aromatic carbocycles. The van der Waals surface area contributed by atoms with E-state index in [1.807, 2.05) is 0 Å². The van der Waals surface area contributed by atoms with Gasteiger partial charge in [-0.3, -0.25) is 14.9 Å². The fourth-order valence-electron chi connectivity index (χ4n) is 3.74. The number of aryl methyl sites for hydroxylation is 1. The second-order valence-corrected chi connectivity index (χ2v) is 11.4. The molecule has 44 heavy (non-hydrogen) atoms. The third-order valence-corrected chi connectivity index (χ3v) is 8.12. The first-order valence-corrected chi connectivity index (χ1v) is 14.4. The number of hydrogen-bond acceptors (Lipinski definition) is 8. The van der Waals surface area contributed by atoms with Crippen LogP contribution in [0, 0.1) is 13.7 Å². The second-order valence-electron chi connectivity index (χ2n) is 8.48. The molecular formula is C26H19F6IN2O8S. The molecule has 10 nitrogen and oxygen atoms in total. The van der Waals surface area contributed by atoms with Crippen LogP contribution in [0.25, 0.3) is 10.9 Å². The first-order chi connectivity index (χ1) is 20.4. The van der Waals surface area contributed by atoms with E-state index in [9.17, 15) is 49.7 Å². The zero-order valence-corrected chi connectivity index (χ0v) is 25.0. The van der Waals surface area contributed by atoms with Crippen LogP contribution in [0.15, 0.2) is 77.7 Å². The molecular weight excluding hydrogens is 741 g/mol. The zero-order valence-electron chi connectivity index (χ0n) is 22.1. The number of fused-ring (bicyclic) bond motifs is 1. The Kier molecular flexibility index (Phi) is 10.7. The van der Waals surface area contributed by atoms with Gasteiger partial charge in [0.2, 0.25) is 0 Å². The van der Waals surface area contributed by atoms with Gasteiger partial charge in [-0.25, -0.2) is 12.4 Å². The Morgan fingerprint density at radius 1 is 0.909 bits per heavy atom. The minimum absolute atomic E-state index is 0.00689. The van der Waals surface area contributed by atoms with Crippen molar-refractivity contribution in [2.45, 2.75) is 30.5 Å². The normalized spacial score (nSPS) is 11.8. The van der Waals surface area contributed by atoms with Crippen LogP contribution in [0.4, 0.5) is 32.0 Å². The quantitative estimate of drug-likeness (QED) is 0.0620. The minimum Gasteiger partial charge on any atom is -0.469 e. The molecule has 0 radical (unpaired) electrons. The van der Waals surface area contributed by atoms with Crippen molar-refractivity contribution in [3.63, 3.8) is 0 Å². The standard InChI is InChI=1S/C19H16F3NO5S.C7H3F3INO3/c1-27-18(24)10-7-14-11-13-12-15(28-19(20,21)22)8-9-17(13)23(14)29(25,26)16-5-3-2-4-6-16;8-7(9,10)15-4-1-2-6(12(13)14)5(11)3-4/h2-6,8-9,11-12H,7,10H2,1H3;1-3H. The first-order valence-electron chi connectivity index (χ1n) is 11.9. The molecule has 236 valence electrons. The molecule has 0 saturated carbocycles. The summed E-state index contributed by atoms with van der Waals surface area (Å²) in [6.45, 7) is 0. The SMILES string of the molecule is COC(=O)CCc1cc2cc(OC(F)(F)F)ccc2n1S(=O)(=O)c1ccccc1.O=[N+]([O-])c1ccc(OC(F)(F)F)cc1I. The smallest absolute Gasteiger partial charge is 0.469 e. The number of carbonyl (C=O) groups is 1. The summed E-state index contributed by atoms with van der Waals surface area (Å²) in [5, 5.41) is 10.6. The highest BCUT2D eigenvalue weighted by Gasteiger charge is 2.32. The van der Waals surface area contributed by atoms with Crippen molar-refractivity contribution in [1.82, 2.24) is 3.97 Å². The summed E-state index contributed by atoms with van der Waals surface area (Å²) in [6.07, 6.45) is -9.74. The number of halogens is 7. The van der Waals surface area contributed by atoms with Crippen LogP contribution in [-0.4, -0.2) is 43.1 Å². The van der Waals surface area contributed by atoms with E-state index in [1.54, 1.807) is 40.8 Å². The average molecular weight is 760 g/mol. The largest absolute Gasteiger partial charge is 0.573 e. The molecule has 0 unspecified atom stereocenters. The zero-order chi connectivity index (χ0) is 32.9. The molecule has 0 atom stereocenters. The molecule has 4 aromatic rings. The lowest BCUT2D eigenvalue weighted by Crippen LogP contribution is -2.17. The number of nitro groups is 1. The molecule has 0 spiro atoms. The van der Waals surface area contributed by atoms with Gasteiger partial charge in [0, 0.05) is 23.2 Å². The molecule has 4 rings (SSSR count). The lowest BCUT2D eigenvalue weighted by atomic mass is 10.2. The molecule has 0 N–H and O–H groups in total. The molecule has 0 aliphatic carbocycles. The van der Waals surface area contributed by atoms with Crippen molar-refractivity contribution >= 4 is 55.2 Å².